The zero-order valence-electron chi connectivity index (χ0n) is 51.4. The number of ether oxygens (including phenoxy) is 1. The fourth-order valence-electron chi connectivity index (χ4n) is 9.35. The molecule has 448 valence electrons. The summed E-state index contributed by atoms with van der Waals surface area (Å²) in [4.78, 5) is 48.5. The molecule has 14 nitrogen and oxygen atoms in total. The van der Waals surface area contributed by atoms with Crippen molar-refractivity contribution in [3.8, 4) is 0 Å². The molecule has 2 aromatic rings. The van der Waals surface area contributed by atoms with E-state index >= 15 is 0 Å². The van der Waals surface area contributed by atoms with Gasteiger partial charge in [0.15, 0.2) is 0 Å². The van der Waals surface area contributed by atoms with E-state index in [2.05, 4.69) is 173 Å². The molecule has 0 bridgehead atoms. The van der Waals surface area contributed by atoms with Gasteiger partial charge in [0.25, 0.3) is 0 Å². The minimum absolute atomic E-state index is 0. The molecule has 0 spiro atoms. The van der Waals surface area contributed by atoms with Gasteiger partial charge in [0.1, 0.15) is 0 Å². The van der Waals surface area contributed by atoms with Crippen molar-refractivity contribution in [1.82, 2.24) is 10.6 Å². The van der Waals surface area contributed by atoms with E-state index < -0.39 is 19.2 Å². The third kappa shape index (κ3) is 29.9. The van der Waals surface area contributed by atoms with E-state index in [0.717, 1.165) is 70.8 Å². The third-order valence-corrected chi connectivity index (χ3v) is 24.8. The molecule has 3 amide bonds. The van der Waals surface area contributed by atoms with Crippen LogP contribution in [0.15, 0.2) is 61.7 Å². The number of rotatable bonds is 21. The van der Waals surface area contributed by atoms with Crippen LogP contribution in [0, 0.1) is 10.3 Å². The van der Waals surface area contributed by atoms with E-state index in [-0.39, 0.29) is 44.6 Å². The van der Waals surface area contributed by atoms with Crippen LogP contribution in [-0.4, -0.2) is 124 Å². The molecule has 4 radical (unpaired) electrons. The number of anilines is 4. The first-order valence-corrected chi connectivity index (χ1v) is 35.8. The van der Waals surface area contributed by atoms with Crippen LogP contribution < -0.4 is 31.5 Å². The van der Waals surface area contributed by atoms with E-state index in [4.69, 9.17) is 21.0 Å². The number of thiol groups is 1. The van der Waals surface area contributed by atoms with E-state index in [0.29, 0.717) is 43.7 Å². The summed E-state index contributed by atoms with van der Waals surface area (Å²) in [5, 5.41) is 8.01. The summed E-state index contributed by atoms with van der Waals surface area (Å²) in [6.45, 7) is 44.1. The van der Waals surface area contributed by atoms with Gasteiger partial charge in [-0.2, -0.15) is 12.6 Å². The summed E-state index contributed by atoms with van der Waals surface area (Å²) < 4.78 is 23.1. The van der Waals surface area contributed by atoms with Crippen molar-refractivity contribution in [1.29, 1.82) is 4.35 Å². The topological polar surface area (TPSA) is 188 Å². The predicted octanol–water partition coefficient (Wildman–Crippen LogP) is 14.2. The zero-order chi connectivity index (χ0) is 59.4. The van der Waals surface area contributed by atoms with Gasteiger partial charge in [-0.25, -0.2) is 4.79 Å². The summed E-state index contributed by atoms with van der Waals surface area (Å²) in [5.41, 5.74) is 13.2. The van der Waals surface area contributed by atoms with Crippen LogP contribution in [-0.2, 0) is 36.1 Å². The number of carbonyl (C=O) groups excluding carboxylic acids is 4. The summed E-state index contributed by atoms with van der Waals surface area (Å²) in [7, 11) is 0. The maximum absolute atomic E-state index is 11.8. The van der Waals surface area contributed by atoms with Crippen molar-refractivity contribution >= 4 is 103 Å². The van der Waals surface area contributed by atoms with Crippen LogP contribution >= 0.6 is 12.6 Å². The Hall–Kier alpha value is -3.49. The van der Waals surface area contributed by atoms with Gasteiger partial charge >= 0.3 is 136 Å². The van der Waals surface area contributed by atoms with Crippen LogP contribution in [0.2, 0.25) is 8.87 Å². The molecule has 79 heavy (non-hydrogen) atoms. The quantitative estimate of drug-likeness (QED) is 0.0175. The first-order valence-electron chi connectivity index (χ1n) is 28.3. The first kappa shape index (κ1) is 82.0. The molecule has 3 aliphatic rings. The molecular formula is C61H111AlBN7O7SSn. The molecule has 0 saturated carbocycles. The number of benzene rings is 2. The number of nitrogens with zero attached hydrogens (tertiary/aromatic N) is 2. The molecule has 0 aliphatic carbocycles. The second kappa shape index (κ2) is 45.1. The number of fused-ring (bicyclic) bond motifs is 2. The van der Waals surface area contributed by atoms with Crippen molar-refractivity contribution in [2.75, 3.05) is 52.9 Å². The van der Waals surface area contributed by atoms with E-state index in [9.17, 15) is 19.2 Å². The number of nitrogen functional groups attached to an aromatic ring is 1. The fourth-order valence-corrected chi connectivity index (χ4v) is 19.9. The number of hydrogen-bond donors (Lipinski definition) is 6. The Morgan fingerprint density at radius 2 is 1.25 bits per heavy atom. The van der Waals surface area contributed by atoms with E-state index in [1.54, 1.807) is 28.2 Å². The molecule has 0 aromatic heterocycles. The normalized spacial score (nSPS) is 15.9. The number of urea groups is 1. The van der Waals surface area contributed by atoms with Crippen LogP contribution in [0.4, 0.5) is 27.5 Å². The van der Waals surface area contributed by atoms with Crippen molar-refractivity contribution in [2.24, 2.45) is 5.92 Å². The number of nitrogens with one attached hydrogen (secondary N) is 4. The summed E-state index contributed by atoms with van der Waals surface area (Å²) >= 11 is 2.45. The molecule has 3 atom stereocenters. The zero-order valence-corrected chi connectivity index (χ0v) is 56.4. The van der Waals surface area contributed by atoms with Crippen LogP contribution in [0.5, 0.6) is 0 Å². The maximum atomic E-state index is 11.8. The van der Waals surface area contributed by atoms with Crippen molar-refractivity contribution in [3.05, 3.63) is 72.8 Å². The van der Waals surface area contributed by atoms with Crippen molar-refractivity contribution in [2.45, 2.75) is 226 Å². The molecule has 5 rings (SSSR count). The Kier molecular flexibility index (Phi) is 46.8. The van der Waals surface area contributed by atoms with Crippen molar-refractivity contribution < 1.29 is 30.1 Å². The Bertz CT molecular complexity index is 1970. The Labute approximate surface area is 503 Å². The molecule has 1 saturated heterocycles. The molecule has 1 fully saturated rings. The molecule has 3 aliphatic heterocycles. The number of amides is 3. The number of carbonyl (C=O) groups is 4. The predicted molar refractivity (Wildman–Crippen MR) is 346 cm³/mol. The summed E-state index contributed by atoms with van der Waals surface area (Å²) in [5.74, 6) is 1.31. The summed E-state index contributed by atoms with van der Waals surface area (Å²) in [6, 6.07) is 14.2. The van der Waals surface area contributed by atoms with Gasteiger partial charge in [-0.3, -0.25) is 4.79 Å². The first-order chi connectivity index (χ1) is 36.4. The molecular weight excluding hydrogens is 1130 g/mol. The number of unbranched alkanes of at least 4 members (excludes halogenated alkanes) is 3. The average Bonchev–Trinajstić information content (AvgIpc) is 4.08. The average molecular weight is 1240 g/mol. The van der Waals surface area contributed by atoms with Gasteiger partial charge in [0, 0.05) is 92.5 Å². The molecule has 2 aromatic carbocycles. The van der Waals surface area contributed by atoms with Crippen LogP contribution in [0.3, 0.4) is 0 Å². The van der Waals surface area contributed by atoms with E-state index in [1.807, 2.05) is 12.1 Å². The second-order valence-corrected chi connectivity index (χ2v) is 31.1. The Morgan fingerprint density at radius 1 is 0.810 bits per heavy atom. The second-order valence-electron chi connectivity index (χ2n) is 21.5. The SMILES string of the molecule is C.C1CCOC1.C=CCNC(=O)Nc1ccc2c(c1)N(C(C)C)C(C)C2(C)C.C=CCNC=O.CC(C)N1c2cc(N)ccc2C(C)(C)C1C.CCCCC(CC)CS.CCC[CH2][Sn]([CH2]CCC)([O]C(C)=O)[O]C(C)=O.[B].[NH]=[Al]. The standard InChI is InChI=1S/C18H27N3O.C14H22N2.C8H18S.C4H7NO.C4H8O.2C4H9.2C2H4O2.CH4.Al.B.HN.Sn/c1-7-10-19-17(22)20-14-8-9-15-16(11-14)21(12(2)3)13(4)18(15,5)6;1-9(2)16-10(3)14(4,5)12-7-6-11(15)8-13(12)16;1-3-5-6-8(4-2)7-9;1-2-3-5-4-6;1-2-4-5-3-1;2*1-3-4-2;2*1-2(3)4;;;;;/h7-9,11-13H,1,10H2,2-6H3,(H2,19,20,22);6-10H,15H2,1-5H3;8-9H,3-7H2,1-2H3;2,4H,1,3H2,(H,5,6);1-4H2;2*1,3-4H2,2H3;2*1H3,(H,3,4);1H4;;;1H;/q;;;;;;;;;;;;;+2/p-2. The minimum atomic E-state index is -3.49. The Balaban J connectivity index is -0.000000448. The van der Waals surface area contributed by atoms with Crippen molar-refractivity contribution in [3.63, 3.8) is 0 Å². The third-order valence-electron chi connectivity index (χ3n) is 14.1. The molecule has 6 N–H and O–H groups in total. The van der Waals surface area contributed by atoms with Gasteiger partial charge < -0.3 is 36.2 Å². The number of nitrogens with two attached hydrogens (primary N) is 1. The van der Waals surface area contributed by atoms with Gasteiger partial charge in [-0.15, -0.1) is 13.2 Å². The number of hydrogen-bond acceptors (Lipinski definition) is 12. The molecule has 18 heteroatoms. The monoisotopic (exact) mass is 1240 g/mol. The van der Waals surface area contributed by atoms with Crippen LogP contribution in [0.1, 0.15) is 194 Å². The molecule has 3 heterocycles. The molecule has 3 unspecified atom stereocenters. The Morgan fingerprint density at radius 3 is 1.59 bits per heavy atom. The summed E-state index contributed by atoms with van der Waals surface area (Å²) in [6.07, 6.45) is 15.8. The van der Waals surface area contributed by atoms with E-state index in [1.165, 1.54) is 74.9 Å². The van der Waals surface area contributed by atoms with Gasteiger partial charge in [0.2, 0.25) is 6.41 Å². The van der Waals surface area contributed by atoms with Gasteiger partial charge in [0.05, 0.1) is 0 Å². The van der Waals surface area contributed by atoms with Crippen LogP contribution in [0.25, 0.3) is 0 Å². The van der Waals surface area contributed by atoms with Gasteiger partial charge in [-0.1, -0.05) is 92.5 Å². The van der Waals surface area contributed by atoms with Gasteiger partial charge in [-0.05, 0) is 108 Å². The fraction of sp³-hybridized carbons (Fsp3) is 0.672.